The second-order valence-corrected chi connectivity index (χ2v) is 4.34. The molecule has 0 radical (unpaired) electrons. The van der Waals surface area contributed by atoms with Gasteiger partial charge in [-0.05, 0) is 11.0 Å². The van der Waals surface area contributed by atoms with Gasteiger partial charge in [0.15, 0.2) is 5.82 Å². The Morgan fingerprint density at radius 2 is 2.24 bits per heavy atom. The molecular formula is C11H12N8O2. The second kappa shape index (κ2) is 5.15. The molecule has 1 N–H and O–H groups in total. The van der Waals surface area contributed by atoms with Crippen molar-refractivity contribution >= 4 is 17.3 Å². The van der Waals surface area contributed by atoms with Crippen molar-refractivity contribution < 1.29 is 4.92 Å². The van der Waals surface area contributed by atoms with E-state index in [2.05, 4.69) is 25.5 Å². The van der Waals surface area contributed by atoms with Crippen molar-refractivity contribution in [2.75, 3.05) is 11.9 Å². The van der Waals surface area contributed by atoms with Crippen molar-refractivity contribution in [3.8, 4) is 0 Å². The van der Waals surface area contributed by atoms with E-state index in [0.717, 1.165) is 5.82 Å². The maximum Gasteiger partial charge on any atom is 0.368 e. The Bertz CT molecular complexity index is 792. The Kier molecular flexibility index (Phi) is 3.18. The molecular weight excluding hydrogens is 276 g/mol. The van der Waals surface area contributed by atoms with E-state index in [0.29, 0.717) is 24.4 Å². The first-order valence-electron chi connectivity index (χ1n) is 6.21. The quantitative estimate of drug-likeness (QED) is 0.534. The van der Waals surface area contributed by atoms with Gasteiger partial charge < -0.3 is 15.4 Å². The molecule has 0 atom stereocenters. The maximum absolute atomic E-state index is 10.9. The van der Waals surface area contributed by atoms with E-state index in [9.17, 15) is 10.1 Å². The predicted molar refractivity (Wildman–Crippen MR) is 72.8 cm³/mol. The molecule has 0 aromatic carbocycles. The van der Waals surface area contributed by atoms with Gasteiger partial charge in [-0.25, -0.2) is 9.97 Å². The first kappa shape index (κ1) is 13.0. The lowest BCUT2D eigenvalue weighted by Crippen LogP contribution is -2.11. The van der Waals surface area contributed by atoms with Gasteiger partial charge in [-0.1, -0.05) is 9.61 Å². The summed E-state index contributed by atoms with van der Waals surface area (Å²) in [5.74, 6) is 1.21. The average molecular weight is 288 g/mol. The minimum absolute atomic E-state index is 0.165. The van der Waals surface area contributed by atoms with Crippen molar-refractivity contribution in [3.63, 3.8) is 0 Å². The van der Waals surface area contributed by atoms with E-state index < -0.39 is 4.92 Å². The lowest BCUT2D eigenvalue weighted by atomic mass is 10.4. The fraction of sp³-hybridized carbons (Fsp3) is 0.273. The van der Waals surface area contributed by atoms with Crippen LogP contribution in [0.1, 0.15) is 5.82 Å². The third-order valence-corrected chi connectivity index (χ3v) is 2.99. The maximum atomic E-state index is 10.9. The van der Waals surface area contributed by atoms with Crippen molar-refractivity contribution in [1.29, 1.82) is 0 Å². The minimum Gasteiger partial charge on any atom is -0.367 e. The Morgan fingerprint density at radius 1 is 1.38 bits per heavy atom. The van der Waals surface area contributed by atoms with Gasteiger partial charge in [0.1, 0.15) is 18.3 Å². The van der Waals surface area contributed by atoms with Gasteiger partial charge >= 0.3 is 5.82 Å². The van der Waals surface area contributed by atoms with E-state index in [1.54, 1.807) is 16.8 Å². The summed E-state index contributed by atoms with van der Waals surface area (Å²) >= 11 is 0. The van der Waals surface area contributed by atoms with Crippen LogP contribution in [0.2, 0.25) is 0 Å². The molecule has 0 fully saturated rings. The second-order valence-electron chi connectivity index (χ2n) is 4.34. The molecule has 0 spiro atoms. The molecule has 10 heteroatoms. The smallest absolute Gasteiger partial charge is 0.367 e. The van der Waals surface area contributed by atoms with E-state index in [-0.39, 0.29) is 5.82 Å². The fourth-order valence-electron chi connectivity index (χ4n) is 1.93. The molecule has 0 aliphatic heterocycles. The van der Waals surface area contributed by atoms with Crippen LogP contribution in [-0.4, -0.2) is 40.8 Å². The van der Waals surface area contributed by atoms with E-state index in [1.807, 2.05) is 7.05 Å². The summed E-state index contributed by atoms with van der Waals surface area (Å²) in [6.07, 6.45) is 3.35. The van der Waals surface area contributed by atoms with Gasteiger partial charge in [-0.2, -0.15) is 5.10 Å². The zero-order valence-corrected chi connectivity index (χ0v) is 11.2. The average Bonchev–Trinajstić information content (AvgIpc) is 3.05. The molecule has 3 rings (SSSR count). The Balaban J connectivity index is 1.73. The molecule has 10 nitrogen and oxygen atoms in total. The lowest BCUT2D eigenvalue weighted by molar-refractivity contribution is -0.391. The number of imidazole rings is 1. The first-order valence-corrected chi connectivity index (χ1v) is 6.21. The number of nitrogens with zero attached hydrogens (tertiary/aromatic N) is 7. The molecule has 0 aliphatic carbocycles. The monoisotopic (exact) mass is 288 g/mol. The summed E-state index contributed by atoms with van der Waals surface area (Å²) in [4.78, 5) is 18.4. The van der Waals surface area contributed by atoms with E-state index in [1.165, 1.54) is 17.0 Å². The van der Waals surface area contributed by atoms with Crippen LogP contribution in [-0.2, 0) is 13.5 Å². The van der Waals surface area contributed by atoms with Crippen LogP contribution in [0.5, 0.6) is 0 Å². The number of aryl methyl sites for hydroxylation is 1. The van der Waals surface area contributed by atoms with Crippen LogP contribution in [0.25, 0.3) is 5.65 Å². The first-order chi connectivity index (χ1) is 10.1. The summed E-state index contributed by atoms with van der Waals surface area (Å²) in [7, 11) is 1.82. The van der Waals surface area contributed by atoms with Gasteiger partial charge in [0.25, 0.3) is 0 Å². The van der Waals surface area contributed by atoms with Crippen LogP contribution in [0.3, 0.4) is 0 Å². The standard InChI is InChI=1S/C11H12N8O2/c1-17-9(14-7-15-17)4-5-12-8-2-3-10-13-6-11(19(20)21)18(10)16-8/h2-3,6-7H,4-5H2,1H3,(H,12,16). The van der Waals surface area contributed by atoms with Crippen molar-refractivity contribution in [1.82, 2.24) is 29.4 Å². The molecule has 0 unspecified atom stereocenters. The Morgan fingerprint density at radius 3 is 2.95 bits per heavy atom. The highest BCUT2D eigenvalue weighted by atomic mass is 16.6. The zero-order valence-electron chi connectivity index (χ0n) is 11.2. The number of anilines is 1. The highest BCUT2D eigenvalue weighted by molar-refractivity contribution is 5.48. The molecule has 3 aromatic heterocycles. The zero-order chi connectivity index (χ0) is 14.8. The number of nitrogens with one attached hydrogen (secondary N) is 1. The number of hydrogen-bond donors (Lipinski definition) is 1. The van der Waals surface area contributed by atoms with Gasteiger partial charge in [0, 0.05) is 26.1 Å². The van der Waals surface area contributed by atoms with E-state index >= 15 is 0 Å². The van der Waals surface area contributed by atoms with Crippen LogP contribution in [0.4, 0.5) is 11.6 Å². The van der Waals surface area contributed by atoms with Gasteiger partial charge in [0.05, 0.1) is 0 Å². The van der Waals surface area contributed by atoms with Crippen molar-refractivity contribution in [2.24, 2.45) is 7.05 Å². The molecule has 21 heavy (non-hydrogen) atoms. The molecule has 0 bridgehead atoms. The number of aromatic nitrogens is 6. The number of rotatable bonds is 5. The Labute approximate surface area is 118 Å². The molecule has 3 heterocycles. The molecule has 108 valence electrons. The van der Waals surface area contributed by atoms with E-state index in [4.69, 9.17) is 0 Å². The van der Waals surface area contributed by atoms with Gasteiger partial charge in [-0.3, -0.25) is 4.68 Å². The van der Waals surface area contributed by atoms with Crippen LogP contribution in [0.15, 0.2) is 24.7 Å². The minimum atomic E-state index is -0.518. The molecule has 0 amide bonds. The van der Waals surface area contributed by atoms with Gasteiger partial charge in [0.2, 0.25) is 5.65 Å². The van der Waals surface area contributed by atoms with Crippen LogP contribution >= 0.6 is 0 Å². The molecule has 0 saturated carbocycles. The fourth-order valence-corrected chi connectivity index (χ4v) is 1.93. The summed E-state index contributed by atoms with van der Waals surface area (Å²) in [5.41, 5.74) is 0.431. The highest BCUT2D eigenvalue weighted by Crippen LogP contribution is 2.14. The van der Waals surface area contributed by atoms with Crippen molar-refractivity contribution in [3.05, 3.63) is 40.6 Å². The predicted octanol–water partition coefficient (Wildman–Crippen LogP) is 0.421. The lowest BCUT2D eigenvalue weighted by Gasteiger charge is -2.03. The summed E-state index contributed by atoms with van der Waals surface area (Å²) in [6, 6.07) is 3.40. The normalized spacial score (nSPS) is 10.9. The molecule has 0 saturated heterocycles. The largest absolute Gasteiger partial charge is 0.368 e. The topological polar surface area (TPSA) is 116 Å². The molecule has 3 aromatic rings. The third-order valence-electron chi connectivity index (χ3n) is 2.99. The summed E-state index contributed by atoms with van der Waals surface area (Å²) < 4.78 is 2.89. The summed E-state index contributed by atoms with van der Waals surface area (Å²) in [5, 5.41) is 22.1. The number of nitro groups is 1. The third kappa shape index (κ3) is 2.50. The number of hydrogen-bond acceptors (Lipinski definition) is 7. The van der Waals surface area contributed by atoms with Crippen LogP contribution < -0.4 is 5.32 Å². The summed E-state index contributed by atoms with van der Waals surface area (Å²) in [6.45, 7) is 0.591. The SMILES string of the molecule is Cn1ncnc1CCNc1ccc2ncc([N+](=O)[O-])n2n1. The van der Waals surface area contributed by atoms with Gasteiger partial charge in [-0.15, -0.1) is 0 Å². The van der Waals surface area contributed by atoms with Crippen LogP contribution in [0, 0.1) is 10.1 Å². The van der Waals surface area contributed by atoms with Crippen molar-refractivity contribution in [2.45, 2.75) is 6.42 Å². The highest BCUT2D eigenvalue weighted by Gasteiger charge is 2.15. The molecule has 0 aliphatic rings. The number of fused-ring (bicyclic) bond motifs is 1. The Hall–Kier alpha value is -3.04.